The SMILES string of the molecule is CS(=O)CCCNC(=O)c1ccc(Br)cc1S. The van der Waals surface area contributed by atoms with Gasteiger partial charge in [0, 0.05) is 38.7 Å². The summed E-state index contributed by atoms with van der Waals surface area (Å²) in [6, 6.07) is 5.30. The number of thiol groups is 1. The lowest BCUT2D eigenvalue weighted by atomic mass is 10.2. The van der Waals surface area contributed by atoms with E-state index in [0.29, 0.717) is 29.2 Å². The van der Waals surface area contributed by atoms with E-state index in [1.165, 1.54) is 0 Å². The predicted octanol–water partition coefficient (Wildman–Crippen LogP) is 2.24. The van der Waals surface area contributed by atoms with Gasteiger partial charge in [0.15, 0.2) is 0 Å². The number of hydrogen-bond acceptors (Lipinski definition) is 3. The highest BCUT2D eigenvalue weighted by Crippen LogP contribution is 2.19. The summed E-state index contributed by atoms with van der Waals surface area (Å²) >= 11 is 7.56. The molecule has 3 nitrogen and oxygen atoms in total. The van der Waals surface area contributed by atoms with Crippen molar-refractivity contribution in [3.05, 3.63) is 28.2 Å². The Morgan fingerprint density at radius 1 is 1.53 bits per heavy atom. The lowest BCUT2D eigenvalue weighted by Crippen LogP contribution is -2.25. The molecule has 1 aromatic rings. The summed E-state index contributed by atoms with van der Waals surface area (Å²) in [5.41, 5.74) is 0.550. The van der Waals surface area contributed by atoms with Gasteiger partial charge < -0.3 is 5.32 Å². The summed E-state index contributed by atoms with van der Waals surface area (Å²) in [5, 5.41) is 2.78. The molecule has 6 heteroatoms. The molecule has 0 aromatic heterocycles. The van der Waals surface area contributed by atoms with E-state index in [-0.39, 0.29) is 5.91 Å². The minimum Gasteiger partial charge on any atom is -0.352 e. The Bertz CT molecular complexity index is 437. The molecule has 0 aliphatic rings. The Balaban J connectivity index is 2.50. The van der Waals surface area contributed by atoms with Crippen LogP contribution >= 0.6 is 28.6 Å². The van der Waals surface area contributed by atoms with Crippen LogP contribution in [0.2, 0.25) is 0 Å². The summed E-state index contributed by atoms with van der Waals surface area (Å²) < 4.78 is 11.7. The molecule has 0 spiro atoms. The molecule has 0 aliphatic carbocycles. The van der Waals surface area contributed by atoms with E-state index in [2.05, 4.69) is 33.9 Å². The van der Waals surface area contributed by atoms with Gasteiger partial charge in [0.2, 0.25) is 0 Å². The van der Waals surface area contributed by atoms with Gasteiger partial charge >= 0.3 is 0 Å². The van der Waals surface area contributed by atoms with Crippen molar-refractivity contribution in [2.75, 3.05) is 18.6 Å². The Labute approximate surface area is 117 Å². The van der Waals surface area contributed by atoms with Crippen molar-refractivity contribution in [3.8, 4) is 0 Å². The third-order valence-corrected chi connectivity index (χ3v) is 3.83. The van der Waals surface area contributed by atoms with Crippen molar-refractivity contribution in [2.24, 2.45) is 0 Å². The Morgan fingerprint density at radius 2 is 2.24 bits per heavy atom. The fourth-order valence-corrected chi connectivity index (χ4v) is 2.67. The number of hydrogen-bond donors (Lipinski definition) is 2. The van der Waals surface area contributed by atoms with Crippen LogP contribution in [0.15, 0.2) is 27.6 Å². The number of amides is 1. The lowest BCUT2D eigenvalue weighted by Gasteiger charge is -2.07. The minimum absolute atomic E-state index is 0.149. The van der Waals surface area contributed by atoms with Gasteiger partial charge in [0.1, 0.15) is 0 Å². The van der Waals surface area contributed by atoms with Crippen LogP contribution in [0.5, 0.6) is 0 Å². The van der Waals surface area contributed by atoms with Crippen LogP contribution in [-0.2, 0) is 10.8 Å². The molecule has 1 atom stereocenters. The van der Waals surface area contributed by atoms with Gasteiger partial charge in [-0.3, -0.25) is 9.00 Å². The summed E-state index contributed by atoms with van der Waals surface area (Å²) in [5.74, 6) is 0.457. The molecule has 0 fully saturated rings. The third kappa shape index (κ3) is 5.23. The van der Waals surface area contributed by atoms with Crippen LogP contribution in [0.3, 0.4) is 0 Å². The van der Waals surface area contributed by atoms with Gasteiger partial charge in [-0.1, -0.05) is 15.9 Å². The monoisotopic (exact) mass is 335 g/mol. The molecule has 1 aromatic carbocycles. The maximum atomic E-state index is 11.8. The average molecular weight is 336 g/mol. The Morgan fingerprint density at radius 3 is 2.82 bits per heavy atom. The fourth-order valence-electron chi connectivity index (χ4n) is 1.27. The van der Waals surface area contributed by atoms with E-state index in [9.17, 15) is 9.00 Å². The predicted molar refractivity (Wildman–Crippen MR) is 77.3 cm³/mol. The van der Waals surface area contributed by atoms with Gasteiger partial charge in [-0.25, -0.2) is 0 Å². The zero-order valence-electron chi connectivity index (χ0n) is 9.40. The lowest BCUT2D eigenvalue weighted by molar-refractivity contribution is 0.0951. The van der Waals surface area contributed by atoms with E-state index < -0.39 is 10.8 Å². The van der Waals surface area contributed by atoms with Gasteiger partial charge in [0.05, 0.1) is 5.56 Å². The molecule has 1 N–H and O–H groups in total. The van der Waals surface area contributed by atoms with Crippen LogP contribution < -0.4 is 5.32 Å². The van der Waals surface area contributed by atoms with E-state index in [4.69, 9.17) is 0 Å². The van der Waals surface area contributed by atoms with Crippen molar-refractivity contribution >= 4 is 45.3 Å². The van der Waals surface area contributed by atoms with E-state index in [1.54, 1.807) is 24.5 Å². The van der Waals surface area contributed by atoms with Crippen molar-refractivity contribution in [3.63, 3.8) is 0 Å². The smallest absolute Gasteiger partial charge is 0.252 e. The van der Waals surface area contributed by atoms with Gasteiger partial charge in [-0.2, -0.15) is 0 Å². The Kier molecular flexibility index (Phi) is 6.22. The normalized spacial score (nSPS) is 12.2. The van der Waals surface area contributed by atoms with Crippen molar-refractivity contribution < 1.29 is 9.00 Å². The third-order valence-electron chi connectivity index (χ3n) is 2.10. The number of carbonyl (C=O) groups is 1. The zero-order chi connectivity index (χ0) is 12.8. The summed E-state index contributed by atoms with van der Waals surface area (Å²) in [6.07, 6.45) is 2.37. The molecular weight excluding hydrogens is 322 g/mol. The fraction of sp³-hybridized carbons (Fsp3) is 0.364. The Hall–Kier alpha value is -0.330. The number of nitrogens with one attached hydrogen (secondary N) is 1. The van der Waals surface area contributed by atoms with Gasteiger partial charge in [-0.05, 0) is 24.6 Å². The van der Waals surface area contributed by atoms with E-state index in [0.717, 1.165) is 4.47 Å². The quantitative estimate of drug-likeness (QED) is 0.640. The summed E-state index contributed by atoms with van der Waals surface area (Å²) in [6.45, 7) is 0.529. The topological polar surface area (TPSA) is 46.2 Å². The largest absolute Gasteiger partial charge is 0.352 e. The molecular formula is C11H14BrNO2S2. The molecule has 94 valence electrons. The zero-order valence-corrected chi connectivity index (χ0v) is 12.7. The second-order valence-electron chi connectivity index (χ2n) is 3.55. The van der Waals surface area contributed by atoms with Crippen LogP contribution in [0.1, 0.15) is 16.8 Å². The first-order valence-electron chi connectivity index (χ1n) is 5.07. The van der Waals surface area contributed by atoms with E-state index in [1.807, 2.05) is 0 Å². The molecule has 0 saturated carbocycles. The maximum Gasteiger partial charge on any atom is 0.252 e. The molecule has 0 saturated heterocycles. The first-order valence-corrected chi connectivity index (χ1v) is 8.04. The number of carbonyl (C=O) groups excluding carboxylic acids is 1. The van der Waals surface area contributed by atoms with Crippen LogP contribution in [0.4, 0.5) is 0 Å². The van der Waals surface area contributed by atoms with Crippen LogP contribution in [0, 0.1) is 0 Å². The molecule has 0 aliphatic heterocycles. The summed E-state index contributed by atoms with van der Waals surface area (Å²) in [4.78, 5) is 12.4. The second kappa shape index (κ2) is 7.18. The average Bonchev–Trinajstić information content (AvgIpc) is 2.23. The second-order valence-corrected chi connectivity index (χ2v) is 6.50. The first-order chi connectivity index (χ1) is 8.00. The van der Waals surface area contributed by atoms with Crippen LogP contribution in [0.25, 0.3) is 0 Å². The highest BCUT2D eigenvalue weighted by Gasteiger charge is 2.08. The summed E-state index contributed by atoms with van der Waals surface area (Å²) in [7, 11) is -0.805. The van der Waals surface area contributed by atoms with E-state index >= 15 is 0 Å². The maximum absolute atomic E-state index is 11.8. The molecule has 1 amide bonds. The molecule has 17 heavy (non-hydrogen) atoms. The minimum atomic E-state index is -0.805. The molecule has 0 radical (unpaired) electrons. The van der Waals surface area contributed by atoms with Gasteiger partial charge in [0.25, 0.3) is 5.91 Å². The number of rotatable bonds is 5. The van der Waals surface area contributed by atoms with Crippen molar-refractivity contribution in [1.29, 1.82) is 0 Å². The molecule has 1 rings (SSSR count). The molecule has 1 unspecified atom stereocenters. The standard InChI is InChI=1S/C11H14BrNO2S2/c1-17(15)6-2-5-13-11(14)9-4-3-8(12)7-10(9)16/h3-4,7,16H,2,5-6H2,1H3,(H,13,14). The van der Waals surface area contributed by atoms with Crippen molar-refractivity contribution in [1.82, 2.24) is 5.32 Å². The highest BCUT2D eigenvalue weighted by molar-refractivity contribution is 9.10. The first kappa shape index (κ1) is 14.7. The molecule has 0 bridgehead atoms. The van der Waals surface area contributed by atoms with Gasteiger partial charge in [-0.15, -0.1) is 12.6 Å². The number of halogens is 1. The van der Waals surface area contributed by atoms with Crippen molar-refractivity contribution in [2.45, 2.75) is 11.3 Å². The highest BCUT2D eigenvalue weighted by atomic mass is 79.9. The number of benzene rings is 1. The van der Waals surface area contributed by atoms with Crippen LogP contribution in [-0.4, -0.2) is 28.7 Å². The molecule has 0 heterocycles.